The first-order valence-corrected chi connectivity index (χ1v) is 9.59. The van der Waals surface area contributed by atoms with Crippen LogP contribution in [0.2, 0.25) is 5.02 Å². The number of aromatic hydroxyl groups is 1. The maximum absolute atomic E-state index is 12.4. The lowest BCUT2D eigenvalue weighted by molar-refractivity contribution is 0.102. The molecule has 27 heavy (non-hydrogen) atoms. The van der Waals surface area contributed by atoms with Gasteiger partial charge in [0.15, 0.2) is 0 Å². The van der Waals surface area contributed by atoms with Crippen LogP contribution in [-0.4, -0.2) is 17.2 Å². The molecule has 0 heterocycles. The molecule has 0 aliphatic heterocycles. The number of hydrogen-bond acceptors (Lipinski definition) is 3. The number of carbonyl (C=O) groups excluding carboxylic acids is 1. The van der Waals surface area contributed by atoms with E-state index in [4.69, 9.17) is 11.6 Å². The Labute approximate surface area is 176 Å². The van der Waals surface area contributed by atoms with Crippen molar-refractivity contribution in [1.29, 1.82) is 0 Å². The van der Waals surface area contributed by atoms with E-state index in [0.717, 1.165) is 9.13 Å². The van der Waals surface area contributed by atoms with Gasteiger partial charge in [0.1, 0.15) is 5.75 Å². The maximum atomic E-state index is 12.4. The number of aliphatic imine (C=N–C) groups is 1. The largest absolute Gasteiger partial charge is 0.507 e. The quantitative estimate of drug-likeness (QED) is 0.350. The molecule has 3 aromatic rings. The second kappa shape index (κ2) is 8.54. The third-order valence-corrected chi connectivity index (χ3v) is 4.82. The number of rotatable bonds is 4. The molecule has 136 valence electrons. The zero-order valence-corrected chi connectivity index (χ0v) is 17.3. The van der Waals surface area contributed by atoms with Crippen LogP contribution < -0.4 is 5.32 Å². The van der Waals surface area contributed by atoms with Gasteiger partial charge in [-0.2, -0.15) is 0 Å². The number of amides is 1. The van der Waals surface area contributed by atoms with E-state index in [9.17, 15) is 9.90 Å². The summed E-state index contributed by atoms with van der Waals surface area (Å²) in [5.41, 5.74) is 3.11. The fourth-order valence-electron chi connectivity index (χ4n) is 2.51. The summed E-state index contributed by atoms with van der Waals surface area (Å²) in [6, 6.07) is 17.8. The van der Waals surface area contributed by atoms with E-state index < -0.39 is 0 Å². The van der Waals surface area contributed by atoms with E-state index in [1.54, 1.807) is 48.7 Å². The highest BCUT2D eigenvalue weighted by molar-refractivity contribution is 14.1. The molecule has 0 bridgehead atoms. The Morgan fingerprint density at radius 2 is 1.93 bits per heavy atom. The monoisotopic (exact) mass is 490 g/mol. The lowest BCUT2D eigenvalue weighted by Gasteiger charge is -2.07. The third-order valence-electron chi connectivity index (χ3n) is 3.87. The van der Waals surface area contributed by atoms with Gasteiger partial charge in [0.05, 0.1) is 16.3 Å². The molecule has 0 spiro atoms. The van der Waals surface area contributed by atoms with Crippen LogP contribution in [0.25, 0.3) is 0 Å². The summed E-state index contributed by atoms with van der Waals surface area (Å²) in [6.07, 6.45) is 1.61. The summed E-state index contributed by atoms with van der Waals surface area (Å²) in [4.78, 5) is 16.8. The molecule has 1 amide bonds. The summed E-state index contributed by atoms with van der Waals surface area (Å²) >= 11 is 8.26. The summed E-state index contributed by atoms with van der Waals surface area (Å²) in [7, 11) is 0. The van der Waals surface area contributed by atoms with Crippen LogP contribution >= 0.6 is 34.2 Å². The number of anilines is 1. The van der Waals surface area contributed by atoms with E-state index >= 15 is 0 Å². The van der Waals surface area contributed by atoms with E-state index in [2.05, 4.69) is 32.9 Å². The summed E-state index contributed by atoms with van der Waals surface area (Å²) in [5.74, 6) is -0.0741. The molecule has 2 N–H and O–H groups in total. The standard InChI is InChI=1S/C21H16ClIN2O2/c1-13-9-15(23)10-14(20(13)26)12-24-16-5-4-6-17(11-16)25-21(27)18-7-2-3-8-19(18)22/h2-12,26H,1H3,(H,25,27). The molecule has 4 nitrogen and oxygen atoms in total. The van der Waals surface area contributed by atoms with Crippen molar-refractivity contribution in [3.05, 3.63) is 85.9 Å². The van der Waals surface area contributed by atoms with Gasteiger partial charge >= 0.3 is 0 Å². The Kier molecular flexibility index (Phi) is 6.13. The molecule has 3 aromatic carbocycles. The summed E-state index contributed by atoms with van der Waals surface area (Å²) in [6.45, 7) is 1.85. The van der Waals surface area contributed by atoms with Gasteiger partial charge in [-0.15, -0.1) is 0 Å². The van der Waals surface area contributed by atoms with E-state index in [1.165, 1.54) is 0 Å². The van der Waals surface area contributed by atoms with Crippen LogP contribution in [0.1, 0.15) is 21.5 Å². The highest BCUT2D eigenvalue weighted by Gasteiger charge is 2.10. The van der Waals surface area contributed by atoms with Crippen molar-refractivity contribution < 1.29 is 9.90 Å². The topological polar surface area (TPSA) is 61.7 Å². The van der Waals surface area contributed by atoms with Gasteiger partial charge < -0.3 is 10.4 Å². The van der Waals surface area contributed by atoms with Gasteiger partial charge in [-0.1, -0.05) is 29.8 Å². The zero-order chi connectivity index (χ0) is 19.4. The highest BCUT2D eigenvalue weighted by atomic mass is 127. The maximum Gasteiger partial charge on any atom is 0.257 e. The van der Waals surface area contributed by atoms with Crippen LogP contribution in [0, 0.1) is 10.5 Å². The van der Waals surface area contributed by atoms with Gasteiger partial charge in [0.2, 0.25) is 0 Å². The molecule has 0 fully saturated rings. The Morgan fingerprint density at radius 1 is 1.15 bits per heavy atom. The summed E-state index contributed by atoms with van der Waals surface area (Å²) in [5, 5.41) is 13.4. The molecule has 0 aromatic heterocycles. The lowest BCUT2D eigenvalue weighted by Crippen LogP contribution is -2.12. The lowest BCUT2D eigenvalue weighted by atomic mass is 10.1. The second-order valence-electron chi connectivity index (χ2n) is 5.90. The fourth-order valence-corrected chi connectivity index (χ4v) is 3.54. The minimum Gasteiger partial charge on any atom is -0.507 e. The first kappa shape index (κ1) is 19.4. The molecule has 0 atom stereocenters. The number of benzene rings is 3. The van der Waals surface area contributed by atoms with Crippen molar-refractivity contribution in [2.75, 3.05) is 5.32 Å². The molecule has 6 heteroatoms. The minimum absolute atomic E-state index is 0.211. The summed E-state index contributed by atoms with van der Waals surface area (Å²) < 4.78 is 1.02. The molecule has 3 rings (SSSR count). The molecule has 0 saturated heterocycles. The number of halogens is 2. The van der Waals surface area contributed by atoms with Crippen LogP contribution in [-0.2, 0) is 0 Å². The molecular formula is C21H16ClIN2O2. The number of nitrogens with zero attached hydrogens (tertiary/aromatic N) is 1. The van der Waals surface area contributed by atoms with Crippen molar-refractivity contribution >= 4 is 57.7 Å². The Hall–Kier alpha value is -2.38. The Bertz CT molecular complexity index is 1030. The number of aryl methyl sites for hydroxylation is 1. The van der Waals surface area contributed by atoms with Crippen LogP contribution in [0.5, 0.6) is 5.75 Å². The molecule has 0 aliphatic carbocycles. The van der Waals surface area contributed by atoms with Gasteiger partial charge in [-0.3, -0.25) is 9.79 Å². The second-order valence-corrected chi connectivity index (χ2v) is 7.56. The predicted molar refractivity (Wildman–Crippen MR) is 119 cm³/mol. The van der Waals surface area contributed by atoms with Crippen LogP contribution in [0.4, 0.5) is 11.4 Å². The van der Waals surface area contributed by atoms with E-state index in [1.807, 2.05) is 25.1 Å². The van der Waals surface area contributed by atoms with Crippen molar-refractivity contribution in [1.82, 2.24) is 0 Å². The third kappa shape index (κ3) is 4.87. The number of phenols is 1. The predicted octanol–water partition coefficient (Wildman–Crippen LogP) is 5.96. The van der Waals surface area contributed by atoms with Crippen LogP contribution in [0.3, 0.4) is 0 Å². The van der Waals surface area contributed by atoms with Gasteiger partial charge in [-0.05, 0) is 77.5 Å². The number of carbonyl (C=O) groups is 1. The van der Waals surface area contributed by atoms with Crippen molar-refractivity contribution in [2.45, 2.75) is 6.92 Å². The molecule has 0 saturated carbocycles. The fraction of sp³-hybridized carbons (Fsp3) is 0.0476. The Balaban J connectivity index is 1.80. The normalized spacial score (nSPS) is 10.9. The first-order chi connectivity index (χ1) is 12.9. The molecule has 0 unspecified atom stereocenters. The smallest absolute Gasteiger partial charge is 0.257 e. The van der Waals surface area contributed by atoms with Gasteiger partial charge in [-0.25, -0.2) is 0 Å². The Morgan fingerprint density at radius 3 is 2.70 bits per heavy atom. The van der Waals surface area contributed by atoms with Crippen molar-refractivity contribution in [3.63, 3.8) is 0 Å². The number of hydrogen-bond donors (Lipinski definition) is 2. The number of nitrogens with one attached hydrogen (secondary N) is 1. The minimum atomic E-state index is -0.285. The SMILES string of the molecule is Cc1cc(I)cc(C=Nc2cccc(NC(=O)c3ccccc3Cl)c2)c1O. The molecular weight excluding hydrogens is 475 g/mol. The average molecular weight is 491 g/mol. The molecule has 0 radical (unpaired) electrons. The average Bonchev–Trinajstić information content (AvgIpc) is 2.64. The zero-order valence-electron chi connectivity index (χ0n) is 14.4. The first-order valence-electron chi connectivity index (χ1n) is 8.13. The van der Waals surface area contributed by atoms with Gasteiger partial charge in [0, 0.05) is 21.0 Å². The van der Waals surface area contributed by atoms with Crippen molar-refractivity contribution in [3.8, 4) is 5.75 Å². The van der Waals surface area contributed by atoms with Crippen LogP contribution in [0.15, 0.2) is 65.7 Å². The molecule has 0 aliphatic rings. The van der Waals surface area contributed by atoms with E-state index in [-0.39, 0.29) is 11.7 Å². The van der Waals surface area contributed by atoms with Gasteiger partial charge in [0.25, 0.3) is 5.91 Å². The number of phenolic OH excluding ortho intramolecular Hbond substituents is 1. The van der Waals surface area contributed by atoms with Crippen molar-refractivity contribution in [2.24, 2.45) is 4.99 Å². The van der Waals surface area contributed by atoms with E-state index in [0.29, 0.717) is 27.5 Å². The highest BCUT2D eigenvalue weighted by Crippen LogP contribution is 2.25.